The van der Waals surface area contributed by atoms with Gasteiger partial charge in [-0.3, -0.25) is 9.36 Å². The molecule has 6 rings (SSSR count). The van der Waals surface area contributed by atoms with Gasteiger partial charge in [0.15, 0.2) is 0 Å². The fourth-order valence-corrected chi connectivity index (χ4v) is 6.50. The highest BCUT2D eigenvalue weighted by molar-refractivity contribution is 7.19. The minimum absolute atomic E-state index is 0.0283. The Morgan fingerprint density at radius 3 is 2.57 bits per heavy atom. The highest BCUT2D eigenvalue weighted by Crippen LogP contribution is 2.44. The number of thiophene rings is 1. The summed E-state index contributed by atoms with van der Waals surface area (Å²) in [6.45, 7) is 2.04. The number of rotatable bonds is 4. The first-order chi connectivity index (χ1) is 14.6. The Morgan fingerprint density at radius 1 is 1.10 bits per heavy atom. The molecule has 1 aromatic carbocycles. The molecule has 5 nitrogen and oxygen atoms in total. The van der Waals surface area contributed by atoms with Gasteiger partial charge in [-0.2, -0.15) is 0 Å². The highest BCUT2D eigenvalue weighted by atomic mass is 32.1. The Balaban J connectivity index is 1.27. The smallest absolute Gasteiger partial charge is 0.275 e. The predicted octanol–water partition coefficient (Wildman–Crippen LogP) is 4.64. The van der Waals surface area contributed by atoms with Crippen LogP contribution in [0.15, 0.2) is 35.4 Å². The van der Waals surface area contributed by atoms with Crippen LogP contribution >= 0.6 is 11.3 Å². The number of hydrogen-bond donors (Lipinski definition) is 0. The van der Waals surface area contributed by atoms with Crippen LogP contribution in [0.1, 0.15) is 54.9 Å². The molecule has 0 unspecified atom stereocenters. The minimum atomic E-state index is 0.0283. The van der Waals surface area contributed by atoms with Crippen molar-refractivity contribution in [1.29, 1.82) is 0 Å². The monoisotopic (exact) mass is 421 g/mol. The van der Waals surface area contributed by atoms with Crippen LogP contribution < -0.4 is 10.3 Å². The molecule has 0 amide bonds. The number of fused-ring (bicyclic) bond motifs is 3. The lowest BCUT2D eigenvalue weighted by Gasteiger charge is -2.36. The van der Waals surface area contributed by atoms with Crippen molar-refractivity contribution in [3.63, 3.8) is 0 Å². The Kier molecular flexibility index (Phi) is 4.29. The van der Waals surface area contributed by atoms with Gasteiger partial charge in [-0.15, -0.1) is 11.3 Å². The molecular weight excluding hydrogens is 394 g/mol. The molecule has 2 saturated heterocycles. The number of benzene rings is 1. The van der Waals surface area contributed by atoms with Gasteiger partial charge in [0.05, 0.1) is 11.2 Å². The van der Waals surface area contributed by atoms with Gasteiger partial charge in [0.1, 0.15) is 22.9 Å². The predicted molar refractivity (Wildman–Crippen MR) is 120 cm³/mol. The van der Waals surface area contributed by atoms with Crippen LogP contribution in [0.25, 0.3) is 15.9 Å². The van der Waals surface area contributed by atoms with Gasteiger partial charge in [0.25, 0.3) is 5.56 Å². The molecule has 3 aromatic rings. The molecule has 1 aliphatic carbocycles. The van der Waals surface area contributed by atoms with E-state index in [1.54, 1.807) is 22.2 Å². The molecule has 3 aliphatic rings. The van der Waals surface area contributed by atoms with E-state index in [9.17, 15) is 4.79 Å². The number of ether oxygens (including phenoxy) is 1. The van der Waals surface area contributed by atoms with Crippen molar-refractivity contribution in [2.75, 3.05) is 7.05 Å². The third kappa shape index (κ3) is 3.08. The maximum absolute atomic E-state index is 13.1. The average Bonchev–Trinajstić information content (AvgIpc) is 3.45. The fourth-order valence-electron chi connectivity index (χ4n) is 5.29. The Hall–Kier alpha value is -2.18. The summed E-state index contributed by atoms with van der Waals surface area (Å²) >= 11 is 1.62. The maximum Gasteiger partial charge on any atom is 0.275 e. The van der Waals surface area contributed by atoms with Crippen molar-refractivity contribution in [2.24, 2.45) is 0 Å². The number of aromatic nitrogens is 2. The third-order valence-corrected chi connectivity index (χ3v) is 8.50. The second-order valence-corrected chi connectivity index (χ2v) is 10.4. The van der Waals surface area contributed by atoms with Crippen LogP contribution in [0.3, 0.4) is 0 Å². The van der Waals surface area contributed by atoms with Gasteiger partial charge in [0.2, 0.25) is 0 Å². The van der Waals surface area contributed by atoms with E-state index in [1.165, 1.54) is 30.6 Å². The van der Waals surface area contributed by atoms with Gasteiger partial charge in [0, 0.05) is 17.0 Å². The van der Waals surface area contributed by atoms with Crippen LogP contribution in [0.2, 0.25) is 0 Å². The van der Waals surface area contributed by atoms with E-state index >= 15 is 0 Å². The average molecular weight is 422 g/mol. The summed E-state index contributed by atoms with van der Waals surface area (Å²) in [7, 11) is 2.25. The van der Waals surface area contributed by atoms with Crippen molar-refractivity contribution in [2.45, 2.75) is 69.6 Å². The molecule has 2 bridgehead atoms. The molecule has 1 saturated carbocycles. The van der Waals surface area contributed by atoms with E-state index in [4.69, 9.17) is 4.74 Å². The van der Waals surface area contributed by atoms with Crippen molar-refractivity contribution in [3.8, 4) is 11.4 Å². The van der Waals surface area contributed by atoms with E-state index in [0.717, 1.165) is 40.1 Å². The summed E-state index contributed by atoms with van der Waals surface area (Å²) in [5.41, 5.74) is 2.77. The Bertz CT molecular complexity index is 1160. The van der Waals surface area contributed by atoms with Gasteiger partial charge < -0.3 is 9.64 Å². The topological polar surface area (TPSA) is 47.4 Å². The molecule has 30 heavy (non-hydrogen) atoms. The maximum atomic E-state index is 13.1. The SMILES string of the molecule is Cc1cc(O[C@H]2C[C@H]3CC[C@@H](C2)N3C)ccc1-n1cnc2cc(C3CC3)sc2c1=O. The summed E-state index contributed by atoms with van der Waals surface area (Å²) in [5, 5.41) is 0. The summed E-state index contributed by atoms with van der Waals surface area (Å²) in [4.78, 5) is 21.6. The zero-order valence-corrected chi connectivity index (χ0v) is 18.3. The molecular formula is C24H27N3O2S. The summed E-state index contributed by atoms with van der Waals surface area (Å²) in [6.07, 6.45) is 9.24. The van der Waals surface area contributed by atoms with Crippen LogP contribution in [0.5, 0.6) is 5.75 Å². The number of aryl methyl sites for hydroxylation is 1. The lowest BCUT2D eigenvalue weighted by Crippen LogP contribution is -2.43. The second-order valence-electron chi connectivity index (χ2n) is 9.27. The van der Waals surface area contributed by atoms with Gasteiger partial charge in [-0.05, 0) is 88.2 Å². The quantitative estimate of drug-likeness (QED) is 0.616. The molecule has 2 aromatic heterocycles. The third-order valence-electron chi connectivity index (χ3n) is 7.22. The van der Waals surface area contributed by atoms with Crippen LogP contribution in [0, 0.1) is 6.92 Å². The van der Waals surface area contributed by atoms with Crippen LogP contribution in [0.4, 0.5) is 0 Å². The first-order valence-electron chi connectivity index (χ1n) is 11.1. The molecule has 0 N–H and O–H groups in total. The van der Waals surface area contributed by atoms with E-state index in [-0.39, 0.29) is 11.7 Å². The van der Waals surface area contributed by atoms with Gasteiger partial charge >= 0.3 is 0 Å². The Labute approximate surface area is 180 Å². The highest BCUT2D eigenvalue weighted by Gasteiger charge is 2.39. The number of piperidine rings is 1. The van der Waals surface area contributed by atoms with E-state index in [0.29, 0.717) is 18.0 Å². The molecule has 4 heterocycles. The molecule has 3 atom stereocenters. The minimum Gasteiger partial charge on any atom is -0.490 e. The first-order valence-corrected chi connectivity index (χ1v) is 11.9. The summed E-state index contributed by atoms with van der Waals surface area (Å²) in [6, 6.07) is 9.49. The molecule has 3 fully saturated rings. The summed E-state index contributed by atoms with van der Waals surface area (Å²) in [5.74, 6) is 1.55. The zero-order chi connectivity index (χ0) is 20.4. The van der Waals surface area contributed by atoms with E-state index in [1.807, 2.05) is 19.1 Å². The van der Waals surface area contributed by atoms with Gasteiger partial charge in [-0.1, -0.05) is 0 Å². The number of hydrogen-bond acceptors (Lipinski definition) is 5. The number of nitrogens with zero attached hydrogens (tertiary/aromatic N) is 3. The normalized spacial score (nSPS) is 26.4. The van der Waals surface area contributed by atoms with Crippen molar-refractivity contribution in [1.82, 2.24) is 14.5 Å². The van der Waals surface area contributed by atoms with E-state index < -0.39 is 0 Å². The van der Waals surface area contributed by atoms with E-state index in [2.05, 4.69) is 29.1 Å². The largest absolute Gasteiger partial charge is 0.490 e. The van der Waals surface area contributed by atoms with Crippen LogP contribution in [-0.2, 0) is 0 Å². The van der Waals surface area contributed by atoms with Gasteiger partial charge in [-0.25, -0.2) is 4.98 Å². The second kappa shape index (κ2) is 6.92. The molecule has 6 heteroatoms. The standard InChI is InChI=1S/C24H27N3O2S/c1-14-9-18(29-19-10-16-5-6-17(11-19)26(16)2)7-8-21(14)27-13-25-20-12-22(15-3-4-15)30-23(20)24(27)28/h7-9,12-13,15-17,19H,3-6,10-11H2,1-2H3/t16-,17+,19+. The van der Waals surface area contributed by atoms with Crippen molar-refractivity contribution in [3.05, 3.63) is 51.4 Å². The summed E-state index contributed by atoms with van der Waals surface area (Å²) < 4.78 is 8.82. The zero-order valence-electron chi connectivity index (χ0n) is 17.5. The molecule has 2 aliphatic heterocycles. The van der Waals surface area contributed by atoms with Crippen molar-refractivity contribution < 1.29 is 4.74 Å². The van der Waals surface area contributed by atoms with Crippen molar-refractivity contribution >= 4 is 21.6 Å². The lowest BCUT2D eigenvalue weighted by atomic mass is 10.0. The first kappa shape index (κ1) is 18.6. The molecule has 0 spiro atoms. The van der Waals surface area contributed by atoms with Crippen LogP contribution in [-0.4, -0.2) is 39.7 Å². The Morgan fingerprint density at radius 2 is 1.87 bits per heavy atom. The fraction of sp³-hybridized carbons (Fsp3) is 0.500. The lowest BCUT2D eigenvalue weighted by molar-refractivity contribution is 0.0661. The molecule has 156 valence electrons. The molecule has 0 radical (unpaired) electrons.